The molecule has 21 heavy (non-hydrogen) atoms. The van der Waals surface area contributed by atoms with Crippen LogP contribution in [0.5, 0.6) is 11.6 Å². The number of ether oxygens (including phenoxy) is 1. The van der Waals surface area contributed by atoms with Gasteiger partial charge in [0.1, 0.15) is 5.75 Å². The zero-order valence-corrected chi connectivity index (χ0v) is 13.6. The van der Waals surface area contributed by atoms with Gasteiger partial charge >= 0.3 is 0 Å². The Kier molecular flexibility index (Phi) is 4.91. The van der Waals surface area contributed by atoms with E-state index >= 15 is 0 Å². The average molecular weight is 346 g/mol. The highest BCUT2D eigenvalue weighted by molar-refractivity contribution is 9.10. The predicted octanol–water partition coefficient (Wildman–Crippen LogP) is 5.01. The van der Waals surface area contributed by atoms with Crippen molar-refractivity contribution in [1.82, 2.24) is 4.98 Å². The second-order valence-corrected chi connectivity index (χ2v) is 5.60. The molecule has 2 rings (SSSR count). The summed E-state index contributed by atoms with van der Waals surface area (Å²) in [5.41, 5.74) is 2.61. The van der Waals surface area contributed by atoms with Crippen molar-refractivity contribution < 1.29 is 9.53 Å². The lowest BCUT2D eigenvalue weighted by Gasteiger charge is -2.12. The Morgan fingerprint density at radius 2 is 2.05 bits per heavy atom. The smallest absolute Gasteiger partial charge is 0.233 e. The molecule has 0 N–H and O–H groups in total. The molecule has 108 valence electrons. The van der Waals surface area contributed by atoms with Crippen LogP contribution in [0.1, 0.15) is 27.9 Å². The van der Waals surface area contributed by atoms with Crippen LogP contribution in [0, 0.1) is 13.8 Å². The lowest BCUT2D eigenvalue weighted by molar-refractivity contribution is 0.0995. The van der Waals surface area contributed by atoms with Crippen molar-refractivity contribution in [3.63, 3.8) is 0 Å². The maximum Gasteiger partial charge on any atom is 0.233 e. The van der Waals surface area contributed by atoms with E-state index in [1.54, 1.807) is 12.1 Å². The molecule has 0 unspecified atom stereocenters. The third-order valence-electron chi connectivity index (χ3n) is 3.07. The zero-order chi connectivity index (χ0) is 15.4. The molecular weight excluding hydrogens is 330 g/mol. The second kappa shape index (κ2) is 6.68. The molecule has 0 atom stereocenters. The van der Waals surface area contributed by atoms with E-state index in [1.165, 1.54) is 6.20 Å². The second-order valence-electron chi connectivity index (χ2n) is 4.75. The van der Waals surface area contributed by atoms with Gasteiger partial charge in [0.15, 0.2) is 5.78 Å². The molecular formula is C17H16BrNO2. The van der Waals surface area contributed by atoms with Gasteiger partial charge < -0.3 is 4.74 Å². The first kappa shape index (κ1) is 15.4. The van der Waals surface area contributed by atoms with Crippen molar-refractivity contribution in [3.8, 4) is 11.6 Å². The van der Waals surface area contributed by atoms with Crippen molar-refractivity contribution in [1.29, 1.82) is 0 Å². The van der Waals surface area contributed by atoms with E-state index in [1.807, 2.05) is 32.0 Å². The summed E-state index contributed by atoms with van der Waals surface area (Å²) in [5, 5.41) is 0. The number of benzene rings is 1. The van der Waals surface area contributed by atoms with E-state index in [0.29, 0.717) is 22.3 Å². The first-order valence-electron chi connectivity index (χ1n) is 6.56. The number of aryl methyl sites for hydroxylation is 2. The molecule has 1 aromatic heterocycles. The van der Waals surface area contributed by atoms with Crippen molar-refractivity contribution >= 4 is 21.7 Å². The quantitative estimate of drug-likeness (QED) is 0.564. The molecule has 1 aromatic carbocycles. The molecule has 0 aliphatic heterocycles. The minimum atomic E-state index is -0.0168. The van der Waals surface area contributed by atoms with E-state index in [4.69, 9.17) is 4.74 Å². The number of ketones is 1. The summed E-state index contributed by atoms with van der Waals surface area (Å²) in [5.74, 6) is 1.22. The van der Waals surface area contributed by atoms with Gasteiger partial charge in [-0.25, -0.2) is 4.98 Å². The highest BCUT2D eigenvalue weighted by Crippen LogP contribution is 2.32. The van der Waals surface area contributed by atoms with E-state index in [9.17, 15) is 4.79 Å². The molecule has 0 amide bonds. The number of pyridine rings is 1. The Hall–Kier alpha value is -1.94. The normalized spacial score (nSPS) is 10.2. The molecule has 1 heterocycles. The maximum atomic E-state index is 11.8. The van der Waals surface area contributed by atoms with Crippen LogP contribution in [0.2, 0.25) is 0 Å². The van der Waals surface area contributed by atoms with Gasteiger partial charge in [-0.2, -0.15) is 0 Å². The van der Waals surface area contributed by atoms with Gasteiger partial charge in [0.05, 0.1) is 4.47 Å². The van der Waals surface area contributed by atoms with E-state index < -0.39 is 0 Å². The molecule has 2 aromatic rings. The van der Waals surface area contributed by atoms with E-state index in [2.05, 4.69) is 27.5 Å². The number of allylic oxidation sites excluding steroid dienone is 1. The summed E-state index contributed by atoms with van der Waals surface area (Å²) in [6, 6.07) is 7.68. The fourth-order valence-electron chi connectivity index (χ4n) is 1.96. The molecule has 0 fully saturated rings. The number of rotatable bonds is 5. The van der Waals surface area contributed by atoms with E-state index in [-0.39, 0.29) is 5.78 Å². The Labute approximate surface area is 132 Å². The number of hydrogen-bond donors (Lipinski definition) is 0. The summed E-state index contributed by atoms with van der Waals surface area (Å²) in [4.78, 5) is 16.0. The lowest BCUT2D eigenvalue weighted by Crippen LogP contribution is -2.00. The molecule has 0 radical (unpaired) electrons. The molecule has 0 saturated heterocycles. The molecule has 0 bridgehead atoms. The number of halogens is 1. The number of carbonyl (C=O) groups is 1. The fraction of sp³-hybridized carbons (Fsp3) is 0.176. The Morgan fingerprint density at radius 1 is 1.38 bits per heavy atom. The van der Waals surface area contributed by atoms with Crippen LogP contribution in [-0.2, 0) is 0 Å². The summed E-state index contributed by atoms with van der Waals surface area (Å²) in [6.07, 6.45) is 3.40. The standard InChI is InChI=1S/C17H16BrNO2/c1-4-6-15(20)13-9-14(18)17(19-10-13)21-16-11(2)7-5-8-12(16)3/h4-5,7-10H,1,6H2,2-3H3. The Bertz CT molecular complexity index is 675. The third-order valence-corrected chi connectivity index (χ3v) is 3.63. The van der Waals surface area contributed by atoms with Gasteiger partial charge in [-0.05, 0) is 47.0 Å². The number of Topliss-reactive ketones (excluding diaryl/α,β-unsaturated/α-hetero) is 1. The lowest BCUT2D eigenvalue weighted by atomic mass is 10.1. The minimum absolute atomic E-state index is 0.0168. The fourth-order valence-corrected chi connectivity index (χ4v) is 2.39. The zero-order valence-electron chi connectivity index (χ0n) is 12.0. The SMILES string of the molecule is C=CCC(=O)c1cnc(Oc2c(C)cccc2C)c(Br)c1. The van der Waals surface area contributed by atoms with Gasteiger partial charge in [0.2, 0.25) is 5.88 Å². The summed E-state index contributed by atoms with van der Waals surface area (Å²) >= 11 is 3.41. The highest BCUT2D eigenvalue weighted by Gasteiger charge is 2.12. The van der Waals surface area contributed by atoms with Gasteiger partial charge in [-0.1, -0.05) is 24.3 Å². The number of para-hydroxylation sites is 1. The number of aromatic nitrogens is 1. The van der Waals surface area contributed by atoms with Gasteiger partial charge in [-0.15, -0.1) is 6.58 Å². The van der Waals surface area contributed by atoms with Crippen LogP contribution in [0.3, 0.4) is 0 Å². The molecule has 0 aliphatic carbocycles. The van der Waals surface area contributed by atoms with Gasteiger partial charge in [0, 0.05) is 18.2 Å². The molecule has 0 saturated carbocycles. The topological polar surface area (TPSA) is 39.2 Å². The van der Waals surface area contributed by atoms with Crippen LogP contribution >= 0.6 is 15.9 Å². The molecule has 4 heteroatoms. The largest absolute Gasteiger partial charge is 0.437 e. The highest BCUT2D eigenvalue weighted by atomic mass is 79.9. The van der Waals surface area contributed by atoms with Crippen LogP contribution in [0.25, 0.3) is 0 Å². The summed E-state index contributed by atoms with van der Waals surface area (Å²) in [7, 11) is 0. The number of carbonyl (C=O) groups excluding carboxylic acids is 1. The summed E-state index contributed by atoms with van der Waals surface area (Å²) in [6.45, 7) is 7.53. The first-order valence-corrected chi connectivity index (χ1v) is 7.36. The van der Waals surface area contributed by atoms with Crippen LogP contribution in [-0.4, -0.2) is 10.8 Å². The average Bonchev–Trinajstić information content (AvgIpc) is 2.44. The monoisotopic (exact) mass is 345 g/mol. The van der Waals surface area contributed by atoms with Crippen LogP contribution < -0.4 is 4.74 Å². The Morgan fingerprint density at radius 3 is 2.62 bits per heavy atom. The van der Waals surface area contributed by atoms with Crippen molar-refractivity contribution in [2.24, 2.45) is 0 Å². The van der Waals surface area contributed by atoms with Crippen LogP contribution in [0.4, 0.5) is 0 Å². The minimum Gasteiger partial charge on any atom is -0.437 e. The number of nitrogens with zero attached hydrogens (tertiary/aromatic N) is 1. The molecule has 3 nitrogen and oxygen atoms in total. The maximum absolute atomic E-state index is 11.8. The van der Waals surface area contributed by atoms with Gasteiger partial charge in [0.25, 0.3) is 0 Å². The third kappa shape index (κ3) is 3.58. The summed E-state index contributed by atoms with van der Waals surface area (Å²) < 4.78 is 6.53. The molecule has 0 spiro atoms. The van der Waals surface area contributed by atoms with Crippen molar-refractivity contribution in [2.45, 2.75) is 20.3 Å². The van der Waals surface area contributed by atoms with E-state index in [0.717, 1.165) is 16.9 Å². The van der Waals surface area contributed by atoms with Crippen molar-refractivity contribution in [3.05, 3.63) is 64.3 Å². The van der Waals surface area contributed by atoms with Crippen molar-refractivity contribution in [2.75, 3.05) is 0 Å². The Balaban J connectivity index is 2.30. The first-order chi connectivity index (χ1) is 10.0. The van der Waals surface area contributed by atoms with Crippen LogP contribution in [0.15, 0.2) is 47.6 Å². The van der Waals surface area contributed by atoms with Gasteiger partial charge in [-0.3, -0.25) is 4.79 Å². The number of hydrogen-bond acceptors (Lipinski definition) is 3. The predicted molar refractivity (Wildman–Crippen MR) is 87.1 cm³/mol. The molecule has 0 aliphatic rings.